The molecule has 0 bridgehead atoms. The van der Waals surface area contributed by atoms with E-state index in [1.165, 1.54) is 5.56 Å². The SMILES string of the molecule is CCNCc1cncc(Oc2ccc(Br)cc2C(C)C)c1. The van der Waals surface area contributed by atoms with Crippen molar-refractivity contribution in [3.63, 3.8) is 0 Å². The molecule has 0 saturated heterocycles. The van der Waals surface area contributed by atoms with E-state index in [9.17, 15) is 0 Å². The van der Waals surface area contributed by atoms with E-state index in [1.54, 1.807) is 6.20 Å². The minimum Gasteiger partial charge on any atom is -0.455 e. The summed E-state index contributed by atoms with van der Waals surface area (Å²) in [6.45, 7) is 8.15. The first-order chi connectivity index (χ1) is 10.1. The van der Waals surface area contributed by atoms with Crippen molar-refractivity contribution in [3.8, 4) is 11.5 Å². The average Bonchev–Trinajstić information content (AvgIpc) is 2.47. The Morgan fingerprint density at radius 2 is 2.05 bits per heavy atom. The topological polar surface area (TPSA) is 34.2 Å². The summed E-state index contributed by atoms with van der Waals surface area (Å²) in [6, 6.07) is 8.13. The first-order valence-corrected chi connectivity index (χ1v) is 8.01. The quantitative estimate of drug-likeness (QED) is 0.808. The Labute approximate surface area is 134 Å². The summed E-state index contributed by atoms with van der Waals surface area (Å²) in [4.78, 5) is 4.25. The number of pyridine rings is 1. The Morgan fingerprint density at radius 3 is 2.76 bits per heavy atom. The average molecular weight is 349 g/mol. The highest BCUT2D eigenvalue weighted by molar-refractivity contribution is 9.10. The van der Waals surface area contributed by atoms with Crippen molar-refractivity contribution in [3.05, 3.63) is 52.3 Å². The van der Waals surface area contributed by atoms with Crippen LogP contribution in [0, 0.1) is 0 Å². The van der Waals surface area contributed by atoms with Crippen molar-refractivity contribution in [2.75, 3.05) is 6.54 Å². The monoisotopic (exact) mass is 348 g/mol. The Morgan fingerprint density at radius 1 is 1.24 bits per heavy atom. The lowest BCUT2D eigenvalue weighted by molar-refractivity contribution is 0.469. The molecule has 4 heteroatoms. The van der Waals surface area contributed by atoms with Crippen LogP contribution in [-0.4, -0.2) is 11.5 Å². The van der Waals surface area contributed by atoms with Gasteiger partial charge in [-0.3, -0.25) is 4.98 Å². The Hall–Kier alpha value is -1.39. The third kappa shape index (κ3) is 4.55. The van der Waals surface area contributed by atoms with Gasteiger partial charge in [0.15, 0.2) is 0 Å². The van der Waals surface area contributed by atoms with Gasteiger partial charge in [0.25, 0.3) is 0 Å². The summed E-state index contributed by atoms with van der Waals surface area (Å²) in [7, 11) is 0. The van der Waals surface area contributed by atoms with E-state index >= 15 is 0 Å². The normalized spacial score (nSPS) is 10.9. The van der Waals surface area contributed by atoms with Gasteiger partial charge in [0.05, 0.1) is 6.20 Å². The summed E-state index contributed by atoms with van der Waals surface area (Å²) in [6.07, 6.45) is 3.61. The predicted octanol–water partition coefficient (Wildman–Crippen LogP) is 4.87. The van der Waals surface area contributed by atoms with Gasteiger partial charge in [-0.1, -0.05) is 36.7 Å². The summed E-state index contributed by atoms with van der Waals surface area (Å²) in [5.41, 5.74) is 2.30. The second-order valence-electron chi connectivity index (χ2n) is 5.25. The highest BCUT2D eigenvalue weighted by Gasteiger charge is 2.10. The van der Waals surface area contributed by atoms with Gasteiger partial charge in [0.2, 0.25) is 0 Å². The fourth-order valence-electron chi connectivity index (χ4n) is 2.08. The van der Waals surface area contributed by atoms with Gasteiger partial charge in [-0.25, -0.2) is 0 Å². The van der Waals surface area contributed by atoms with Crippen LogP contribution in [0.15, 0.2) is 41.1 Å². The number of halogens is 1. The van der Waals surface area contributed by atoms with Gasteiger partial charge in [0, 0.05) is 17.2 Å². The summed E-state index contributed by atoms with van der Waals surface area (Å²) < 4.78 is 7.10. The minimum atomic E-state index is 0.399. The number of aromatic nitrogens is 1. The van der Waals surface area contributed by atoms with E-state index in [0.29, 0.717) is 5.92 Å². The molecule has 0 fully saturated rings. The number of nitrogens with one attached hydrogen (secondary N) is 1. The molecule has 1 aromatic heterocycles. The van der Waals surface area contributed by atoms with E-state index in [-0.39, 0.29) is 0 Å². The van der Waals surface area contributed by atoms with Crippen molar-refractivity contribution in [1.29, 1.82) is 0 Å². The molecule has 0 atom stereocenters. The molecule has 2 rings (SSSR count). The molecule has 0 aliphatic rings. The number of benzene rings is 1. The zero-order valence-electron chi connectivity index (χ0n) is 12.7. The standard InChI is InChI=1S/C17H21BrN2O/c1-4-19-9-13-7-15(11-20-10-13)21-17-6-5-14(18)8-16(17)12(2)3/h5-8,10-12,19H,4,9H2,1-3H3. The molecule has 21 heavy (non-hydrogen) atoms. The van der Waals surface area contributed by atoms with Crippen LogP contribution in [0.4, 0.5) is 0 Å². The molecule has 0 unspecified atom stereocenters. The zero-order chi connectivity index (χ0) is 15.2. The lowest BCUT2D eigenvalue weighted by Crippen LogP contribution is -2.11. The lowest BCUT2D eigenvalue weighted by Gasteiger charge is -2.14. The molecule has 0 spiro atoms. The van der Waals surface area contributed by atoms with Gasteiger partial charge in [-0.15, -0.1) is 0 Å². The zero-order valence-corrected chi connectivity index (χ0v) is 14.3. The predicted molar refractivity (Wildman–Crippen MR) is 89.9 cm³/mol. The molecule has 1 aromatic carbocycles. The molecule has 0 saturated carbocycles. The van der Waals surface area contributed by atoms with Crippen LogP contribution in [0.2, 0.25) is 0 Å². The van der Waals surface area contributed by atoms with Gasteiger partial charge in [-0.2, -0.15) is 0 Å². The molecule has 1 heterocycles. The van der Waals surface area contributed by atoms with Gasteiger partial charge >= 0.3 is 0 Å². The number of hydrogen-bond donors (Lipinski definition) is 1. The largest absolute Gasteiger partial charge is 0.455 e. The van der Waals surface area contributed by atoms with Crippen LogP contribution in [0.3, 0.4) is 0 Å². The van der Waals surface area contributed by atoms with Crippen molar-refractivity contribution >= 4 is 15.9 Å². The van der Waals surface area contributed by atoms with Crippen molar-refractivity contribution in [2.45, 2.75) is 33.2 Å². The smallest absolute Gasteiger partial charge is 0.146 e. The minimum absolute atomic E-state index is 0.399. The van der Waals surface area contributed by atoms with Gasteiger partial charge < -0.3 is 10.1 Å². The Kier molecular flexibility index (Phi) is 5.76. The van der Waals surface area contributed by atoms with Crippen LogP contribution in [0.1, 0.15) is 37.8 Å². The first kappa shape index (κ1) is 16.0. The Bertz CT molecular complexity index is 599. The molecule has 2 aromatic rings. The molecule has 1 N–H and O–H groups in total. The van der Waals surface area contributed by atoms with Crippen molar-refractivity contribution < 1.29 is 4.74 Å². The van der Waals surface area contributed by atoms with E-state index in [2.05, 4.69) is 53.1 Å². The summed E-state index contributed by atoms with van der Waals surface area (Å²) in [5.74, 6) is 2.06. The third-order valence-electron chi connectivity index (χ3n) is 3.17. The molecule has 112 valence electrons. The maximum absolute atomic E-state index is 6.04. The molecular formula is C17H21BrN2O. The summed E-state index contributed by atoms with van der Waals surface area (Å²) >= 11 is 3.51. The Balaban J connectivity index is 2.22. The third-order valence-corrected chi connectivity index (χ3v) is 3.66. The van der Waals surface area contributed by atoms with Crippen LogP contribution < -0.4 is 10.1 Å². The van der Waals surface area contributed by atoms with Gasteiger partial charge in [-0.05, 0) is 47.9 Å². The number of ether oxygens (including phenoxy) is 1. The fourth-order valence-corrected chi connectivity index (χ4v) is 2.45. The molecule has 0 amide bonds. The molecule has 0 radical (unpaired) electrons. The van der Waals surface area contributed by atoms with Crippen molar-refractivity contribution in [1.82, 2.24) is 10.3 Å². The molecule has 0 aliphatic heterocycles. The van der Waals surface area contributed by atoms with E-state index in [1.807, 2.05) is 24.4 Å². The second kappa shape index (κ2) is 7.57. The van der Waals surface area contributed by atoms with E-state index < -0.39 is 0 Å². The molecular weight excluding hydrogens is 328 g/mol. The fraction of sp³-hybridized carbons (Fsp3) is 0.353. The highest BCUT2D eigenvalue weighted by atomic mass is 79.9. The van der Waals surface area contributed by atoms with Crippen LogP contribution in [-0.2, 0) is 6.54 Å². The number of hydrogen-bond acceptors (Lipinski definition) is 3. The second-order valence-corrected chi connectivity index (χ2v) is 6.16. The van der Waals surface area contributed by atoms with Crippen molar-refractivity contribution in [2.24, 2.45) is 0 Å². The summed E-state index contributed by atoms with van der Waals surface area (Å²) in [5, 5.41) is 3.29. The van der Waals surface area contributed by atoms with E-state index in [4.69, 9.17) is 4.74 Å². The van der Waals surface area contributed by atoms with Crippen LogP contribution >= 0.6 is 15.9 Å². The van der Waals surface area contributed by atoms with Crippen LogP contribution in [0.5, 0.6) is 11.5 Å². The highest BCUT2D eigenvalue weighted by Crippen LogP contribution is 2.32. The molecule has 3 nitrogen and oxygen atoms in total. The number of nitrogens with zero attached hydrogens (tertiary/aromatic N) is 1. The first-order valence-electron chi connectivity index (χ1n) is 7.22. The molecule has 0 aliphatic carbocycles. The lowest BCUT2D eigenvalue weighted by atomic mass is 10.0. The van der Waals surface area contributed by atoms with Crippen LogP contribution in [0.25, 0.3) is 0 Å². The number of rotatable bonds is 6. The van der Waals surface area contributed by atoms with E-state index in [0.717, 1.165) is 34.6 Å². The maximum Gasteiger partial charge on any atom is 0.146 e. The van der Waals surface area contributed by atoms with Gasteiger partial charge in [0.1, 0.15) is 11.5 Å². The maximum atomic E-state index is 6.04.